The van der Waals surface area contributed by atoms with Crippen molar-refractivity contribution in [1.29, 1.82) is 0 Å². The second-order valence-corrected chi connectivity index (χ2v) is 9.69. The zero-order valence-electron chi connectivity index (χ0n) is 22.0. The molecule has 8 heteroatoms. The molecule has 0 aliphatic carbocycles. The molecule has 0 radical (unpaired) electrons. The van der Waals surface area contributed by atoms with Crippen LogP contribution in [-0.4, -0.2) is 42.1 Å². The summed E-state index contributed by atoms with van der Waals surface area (Å²) in [4.78, 5) is 35.4. The summed E-state index contributed by atoms with van der Waals surface area (Å²) in [5.41, 5.74) is 0.745. The minimum absolute atomic E-state index is 0.0475. The first-order valence-corrected chi connectivity index (χ1v) is 14.0. The molecule has 1 atom stereocenters. The standard InChI is InChI=1S/C27H50N4O4/c1-2-3-4-5-6-7-8-9-10-11-12-13-14-15-16-17-25(32)29-19-18-26(33)31-24(27(34)35)20-23-21-28-22-30-23/h21,24,28,30H,2-20,22H2,1H3,(H,29,32)(H,31,33)(H,34,35). The van der Waals surface area contributed by atoms with Gasteiger partial charge in [-0.3, -0.25) is 9.59 Å². The summed E-state index contributed by atoms with van der Waals surface area (Å²) in [5, 5.41) is 20.5. The van der Waals surface area contributed by atoms with Crippen LogP contribution in [0, 0.1) is 0 Å². The molecule has 1 rings (SSSR count). The van der Waals surface area contributed by atoms with Crippen molar-refractivity contribution in [2.75, 3.05) is 13.2 Å². The number of nitrogens with one attached hydrogen (secondary N) is 4. The van der Waals surface area contributed by atoms with Gasteiger partial charge in [-0.25, -0.2) is 4.79 Å². The summed E-state index contributed by atoms with van der Waals surface area (Å²) >= 11 is 0. The van der Waals surface area contributed by atoms with Gasteiger partial charge in [0, 0.05) is 37.7 Å². The normalized spacial score (nSPS) is 13.5. The van der Waals surface area contributed by atoms with E-state index in [-0.39, 0.29) is 31.2 Å². The number of unbranched alkanes of at least 4 members (excludes halogenated alkanes) is 14. The third-order valence-corrected chi connectivity index (χ3v) is 6.43. The molecule has 35 heavy (non-hydrogen) atoms. The Kier molecular flexibility index (Phi) is 18.5. The van der Waals surface area contributed by atoms with Gasteiger partial charge in [-0.2, -0.15) is 0 Å². The van der Waals surface area contributed by atoms with Gasteiger partial charge in [0.05, 0.1) is 6.67 Å². The third-order valence-electron chi connectivity index (χ3n) is 6.43. The smallest absolute Gasteiger partial charge is 0.326 e. The molecule has 2 amide bonds. The van der Waals surface area contributed by atoms with Gasteiger partial charge in [-0.15, -0.1) is 0 Å². The summed E-state index contributed by atoms with van der Waals surface area (Å²) in [5.74, 6) is -1.50. The maximum atomic E-state index is 12.0. The third kappa shape index (κ3) is 17.8. The summed E-state index contributed by atoms with van der Waals surface area (Å²) in [7, 11) is 0. The van der Waals surface area contributed by atoms with E-state index in [0.29, 0.717) is 13.1 Å². The monoisotopic (exact) mass is 494 g/mol. The highest BCUT2D eigenvalue weighted by atomic mass is 16.4. The van der Waals surface area contributed by atoms with Crippen molar-refractivity contribution in [2.45, 2.75) is 129 Å². The van der Waals surface area contributed by atoms with E-state index in [1.165, 1.54) is 83.5 Å². The van der Waals surface area contributed by atoms with E-state index in [1.807, 2.05) is 0 Å². The van der Waals surface area contributed by atoms with E-state index in [0.717, 1.165) is 18.5 Å². The fraction of sp³-hybridized carbons (Fsp3) is 0.815. The molecule has 0 saturated carbocycles. The Labute approximate surface area is 212 Å². The number of rotatable bonds is 23. The average molecular weight is 495 g/mol. The molecule has 0 spiro atoms. The molecule has 1 aliphatic rings. The maximum Gasteiger partial charge on any atom is 0.326 e. The number of carboxylic acids is 1. The predicted molar refractivity (Wildman–Crippen MR) is 141 cm³/mol. The van der Waals surface area contributed by atoms with Gasteiger partial charge in [-0.05, 0) is 6.42 Å². The first-order chi connectivity index (χ1) is 17.0. The van der Waals surface area contributed by atoms with Crippen molar-refractivity contribution >= 4 is 17.8 Å². The Hall–Kier alpha value is -2.25. The molecule has 0 fully saturated rings. The van der Waals surface area contributed by atoms with Gasteiger partial charge < -0.3 is 26.4 Å². The molecule has 1 heterocycles. The molecule has 1 unspecified atom stereocenters. The zero-order valence-corrected chi connectivity index (χ0v) is 22.0. The van der Waals surface area contributed by atoms with E-state index < -0.39 is 12.0 Å². The minimum Gasteiger partial charge on any atom is -0.480 e. The molecule has 0 saturated heterocycles. The SMILES string of the molecule is CCCCCCCCCCCCCCCCCC(=O)NCCC(=O)NC(CC1=CNCN1)C(=O)O. The Morgan fingerprint density at radius 1 is 0.829 bits per heavy atom. The van der Waals surface area contributed by atoms with Crippen molar-refractivity contribution in [3.05, 3.63) is 11.9 Å². The molecule has 0 bridgehead atoms. The largest absolute Gasteiger partial charge is 0.480 e. The molecule has 0 aromatic rings. The first-order valence-electron chi connectivity index (χ1n) is 14.0. The molecule has 0 aromatic heterocycles. The minimum atomic E-state index is -1.08. The van der Waals surface area contributed by atoms with Crippen LogP contribution in [0.5, 0.6) is 0 Å². The Morgan fingerprint density at radius 3 is 1.86 bits per heavy atom. The Bertz CT molecular complexity index is 624. The topological polar surface area (TPSA) is 120 Å². The van der Waals surface area contributed by atoms with Crippen molar-refractivity contribution in [3.8, 4) is 0 Å². The van der Waals surface area contributed by atoms with Crippen LogP contribution in [0.3, 0.4) is 0 Å². The van der Waals surface area contributed by atoms with Crippen LogP contribution in [0.1, 0.15) is 122 Å². The first kappa shape index (κ1) is 30.8. The maximum absolute atomic E-state index is 12.0. The highest BCUT2D eigenvalue weighted by molar-refractivity contribution is 5.84. The highest BCUT2D eigenvalue weighted by Crippen LogP contribution is 2.13. The van der Waals surface area contributed by atoms with Crippen LogP contribution in [-0.2, 0) is 14.4 Å². The second-order valence-electron chi connectivity index (χ2n) is 9.69. The molecule has 8 nitrogen and oxygen atoms in total. The van der Waals surface area contributed by atoms with E-state index in [2.05, 4.69) is 28.2 Å². The second kappa shape index (κ2) is 21.1. The van der Waals surface area contributed by atoms with Crippen LogP contribution in [0.25, 0.3) is 0 Å². The Morgan fingerprint density at radius 2 is 1.37 bits per heavy atom. The van der Waals surface area contributed by atoms with Gasteiger partial charge in [0.1, 0.15) is 6.04 Å². The van der Waals surface area contributed by atoms with E-state index in [9.17, 15) is 19.5 Å². The van der Waals surface area contributed by atoms with E-state index in [1.54, 1.807) is 6.20 Å². The number of amides is 2. The van der Waals surface area contributed by atoms with Gasteiger partial charge in [-0.1, -0.05) is 96.8 Å². The van der Waals surface area contributed by atoms with Gasteiger partial charge >= 0.3 is 5.97 Å². The van der Waals surface area contributed by atoms with E-state index >= 15 is 0 Å². The summed E-state index contributed by atoms with van der Waals surface area (Å²) in [6.07, 6.45) is 21.8. The van der Waals surface area contributed by atoms with Crippen molar-refractivity contribution < 1.29 is 19.5 Å². The van der Waals surface area contributed by atoms with Crippen LogP contribution in [0.4, 0.5) is 0 Å². The number of carbonyl (C=O) groups is 3. The van der Waals surface area contributed by atoms with Gasteiger partial charge in [0.25, 0.3) is 0 Å². The fourth-order valence-electron chi connectivity index (χ4n) is 4.27. The molecule has 5 N–H and O–H groups in total. The summed E-state index contributed by atoms with van der Waals surface area (Å²) in [6.45, 7) is 3.04. The lowest BCUT2D eigenvalue weighted by Gasteiger charge is -2.15. The number of carbonyl (C=O) groups excluding carboxylic acids is 2. The van der Waals surface area contributed by atoms with Crippen molar-refractivity contribution in [1.82, 2.24) is 21.3 Å². The van der Waals surface area contributed by atoms with Crippen molar-refractivity contribution in [3.63, 3.8) is 0 Å². The zero-order chi connectivity index (χ0) is 25.6. The molecule has 1 aliphatic heterocycles. The molecular weight excluding hydrogens is 444 g/mol. The van der Waals surface area contributed by atoms with Crippen molar-refractivity contribution in [2.24, 2.45) is 0 Å². The van der Waals surface area contributed by atoms with E-state index in [4.69, 9.17) is 0 Å². The van der Waals surface area contributed by atoms with Crippen LogP contribution in [0.2, 0.25) is 0 Å². The Balaban J connectivity index is 1.90. The highest BCUT2D eigenvalue weighted by Gasteiger charge is 2.22. The molecule has 0 aromatic carbocycles. The van der Waals surface area contributed by atoms with Crippen LogP contribution >= 0.6 is 0 Å². The molecule has 202 valence electrons. The summed E-state index contributed by atoms with van der Waals surface area (Å²) < 4.78 is 0. The van der Waals surface area contributed by atoms with Crippen LogP contribution < -0.4 is 21.3 Å². The fourth-order valence-corrected chi connectivity index (χ4v) is 4.27. The van der Waals surface area contributed by atoms with Gasteiger partial charge in [0.15, 0.2) is 0 Å². The lowest BCUT2D eigenvalue weighted by molar-refractivity contribution is -0.141. The summed E-state index contributed by atoms with van der Waals surface area (Å²) in [6, 6.07) is -0.989. The lowest BCUT2D eigenvalue weighted by atomic mass is 10.0. The number of carboxylic acid groups (broad SMARTS) is 1. The predicted octanol–water partition coefficient (Wildman–Crippen LogP) is 4.71. The van der Waals surface area contributed by atoms with Gasteiger partial charge in [0.2, 0.25) is 11.8 Å². The lowest BCUT2D eigenvalue weighted by Crippen LogP contribution is -2.42. The molecular formula is C27H50N4O4. The quantitative estimate of drug-likeness (QED) is 0.131. The average Bonchev–Trinajstić information content (AvgIpc) is 3.34. The number of hydrogen-bond acceptors (Lipinski definition) is 5. The number of aliphatic carboxylic acids is 1. The van der Waals surface area contributed by atoms with Crippen LogP contribution in [0.15, 0.2) is 11.9 Å². The number of hydrogen-bond donors (Lipinski definition) is 5.